The number of rotatable bonds is 5. The average Bonchev–Trinajstić information content (AvgIpc) is 2.16. The van der Waals surface area contributed by atoms with Gasteiger partial charge in [0.15, 0.2) is 5.66 Å². The van der Waals surface area contributed by atoms with E-state index in [1.807, 2.05) is 0 Å². The van der Waals surface area contributed by atoms with Crippen molar-refractivity contribution in [3.05, 3.63) is 0 Å². The fourth-order valence-corrected chi connectivity index (χ4v) is 1.90. The zero-order valence-electron chi connectivity index (χ0n) is 8.27. The van der Waals surface area contributed by atoms with E-state index in [4.69, 9.17) is 0 Å². The lowest BCUT2D eigenvalue weighted by Crippen LogP contribution is -2.21. The van der Waals surface area contributed by atoms with Crippen molar-refractivity contribution >= 4 is 13.6 Å². The number of ether oxygens (including phenoxy) is 1. The first-order valence-electron chi connectivity index (χ1n) is 3.89. The van der Waals surface area contributed by atoms with Crippen molar-refractivity contribution in [3.8, 4) is 0 Å². The van der Waals surface area contributed by atoms with Crippen LogP contribution in [0.4, 0.5) is 0 Å². The fourth-order valence-electron chi connectivity index (χ4n) is 0.783. The third-order valence-electron chi connectivity index (χ3n) is 1.61. The smallest absolute Gasteiger partial charge is 0.344 e. The maximum atomic E-state index is 11.6. The van der Waals surface area contributed by atoms with Crippen molar-refractivity contribution in [2.75, 3.05) is 20.8 Å². The molecule has 6 heteroatoms. The summed E-state index contributed by atoms with van der Waals surface area (Å²) in [6, 6.07) is 0. The average molecular weight is 210 g/mol. The summed E-state index contributed by atoms with van der Waals surface area (Å²) in [5.41, 5.74) is -0.887. The highest BCUT2D eigenvalue weighted by molar-refractivity contribution is 7.55. The summed E-state index contributed by atoms with van der Waals surface area (Å²) in [6.07, 6.45) is 0. The van der Waals surface area contributed by atoms with Gasteiger partial charge >= 0.3 is 13.6 Å². The van der Waals surface area contributed by atoms with E-state index in [9.17, 15) is 9.36 Å². The predicted octanol–water partition coefficient (Wildman–Crippen LogP) is 1.42. The Morgan fingerprint density at radius 3 is 2.15 bits per heavy atom. The first-order chi connectivity index (χ1) is 6.01. The van der Waals surface area contributed by atoms with E-state index in [-0.39, 0.29) is 6.61 Å². The Labute approximate surface area is 77.9 Å². The van der Waals surface area contributed by atoms with Gasteiger partial charge < -0.3 is 13.8 Å². The third kappa shape index (κ3) is 3.10. The maximum absolute atomic E-state index is 11.6. The predicted molar refractivity (Wildman–Crippen MR) is 47.7 cm³/mol. The number of hydrogen-bond donors (Lipinski definition) is 0. The van der Waals surface area contributed by atoms with Crippen LogP contribution in [0.3, 0.4) is 0 Å². The zero-order valence-corrected chi connectivity index (χ0v) is 9.17. The van der Waals surface area contributed by atoms with E-state index < -0.39 is 19.2 Å². The largest absolute Gasteiger partial charge is 0.465 e. The molecule has 5 nitrogen and oxygen atoms in total. The molecule has 0 aromatic carbocycles. The normalized spacial score (nSPS) is 13.8. The van der Waals surface area contributed by atoms with Crippen LogP contribution in [0, 0.1) is 0 Å². The van der Waals surface area contributed by atoms with Crippen LogP contribution in [0.15, 0.2) is 0 Å². The van der Waals surface area contributed by atoms with Crippen LogP contribution in [-0.4, -0.2) is 32.5 Å². The molecule has 0 aromatic heterocycles. The molecule has 0 aromatic rings. The minimum Gasteiger partial charge on any atom is -0.465 e. The van der Waals surface area contributed by atoms with Gasteiger partial charge in [-0.05, 0) is 13.8 Å². The minimum absolute atomic E-state index is 0.247. The van der Waals surface area contributed by atoms with Crippen molar-refractivity contribution in [3.63, 3.8) is 0 Å². The summed E-state index contributed by atoms with van der Waals surface area (Å²) < 4.78 is 25.6. The summed E-state index contributed by atoms with van der Waals surface area (Å²) in [5, 5.41) is 0. The molecule has 0 bridgehead atoms. The highest BCUT2D eigenvalue weighted by Crippen LogP contribution is 2.51. The molecule has 0 spiro atoms. The second-order valence-corrected chi connectivity index (χ2v) is 4.92. The van der Waals surface area contributed by atoms with E-state index >= 15 is 0 Å². The molecular formula is C7H15O5P. The second kappa shape index (κ2) is 5.37. The van der Waals surface area contributed by atoms with Gasteiger partial charge in [0, 0.05) is 14.2 Å². The van der Waals surface area contributed by atoms with E-state index in [1.165, 1.54) is 21.1 Å². The molecule has 0 radical (unpaired) electrons. The SMILES string of the molecule is CCOC(=O)C(C)P(=O)(OC)OC. The van der Waals surface area contributed by atoms with Crippen molar-refractivity contribution in [1.82, 2.24) is 0 Å². The molecular weight excluding hydrogens is 195 g/mol. The summed E-state index contributed by atoms with van der Waals surface area (Å²) in [5.74, 6) is -0.575. The minimum atomic E-state index is -3.33. The molecule has 0 aliphatic carbocycles. The molecule has 0 saturated heterocycles. The molecule has 78 valence electrons. The molecule has 0 fully saturated rings. The highest BCUT2D eigenvalue weighted by Gasteiger charge is 2.36. The first-order valence-corrected chi connectivity index (χ1v) is 5.50. The Bertz CT molecular complexity index is 207. The van der Waals surface area contributed by atoms with Gasteiger partial charge in [0.2, 0.25) is 0 Å². The Balaban J connectivity index is 4.46. The van der Waals surface area contributed by atoms with Gasteiger partial charge in [-0.2, -0.15) is 0 Å². The van der Waals surface area contributed by atoms with E-state index in [0.717, 1.165) is 0 Å². The van der Waals surface area contributed by atoms with Crippen molar-refractivity contribution in [1.29, 1.82) is 0 Å². The number of esters is 1. The van der Waals surface area contributed by atoms with Crippen molar-refractivity contribution in [2.24, 2.45) is 0 Å². The topological polar surface area (TPSA) is 61.8 Å². The Hall–Kier alpha value is -0.380. The molecule has 1 unspecified atom stereocenters. The van der Waals surface area contributed by atoms with Gasteiger partial charge in [0.1, 0.15) is 0 Å². The van der Waals surface area contributed by atoms with Crippen LogP contribution >= 0.6 is 7.60 Å². The number of carbonyl (C=O) groups excluding carboxylic acids is 1. The molecule has 1 atom stereocenters. The van der Waals surface area contributed by atoms with Crippen molar-refractivity contribution in [2.45, 2.75) is 19.5 Å². The fraction of sp³-hybridized carbons (Fsp3) is 0.857. The lowest BCUT2D eigenvalue weighted by molar-refractivity contribution is -0.142. The van der Waals surface area contributed by atoms with Crippen LogP contribution < -0.4 is 0 Å². The zero-order chi connectivity index (χ0) is 10.5. The van der Waals surface area contributed by atoms with E-state index in [2.05, 4.69) is 13.8 Å². The molecule has 0 amide bonds. The summed E-state index contributed by atoms with van der Waals surface area (Å²) in [7, 11) is -0.860. The van der Waals surface area contributed by atoms with Gasteiger partial charge in [-0.3, -0.25) is 9.36 Å². The first kappa shape index (κ1) is 12.6. The summed E-state index contributed by atoms with van der Waals surface area (Å²) in [6.45, 7) is 3.37. The summed E-state index contributed by atoms with van der Waals surface area (Å²) >= 11 is 0. The summed E-state index contributed by atoms with van der Waals surface area (Å²) in [4.78, 5) is 11.2. The Morgan fingerprint density at radius 2 is 1.85 bits per heavy atom. The Morgan fingerprint density at radius 1 is 1.38 bits per heavy atom. The standard InChI is InChI=1S/C7H15O5P/c1-5-12-7(8)6(2)13(9,10-3)11-4/h6H,5H2,1-4H3. The van der Waals surface area contributed by atoms with Gasteiger partial charge in [-0.15, -0.1) is 0 Å². The lowest BCUT2D eigenvalue weighted by Gasteiger charge is -2.18. The number of carbonyl (C=O) groups is 1. The maximum Gasteiger partial charge on any atom is 0.344 e. The molecule has 0 aliphatic rings. The van der Waals surface area contributed by atoms with Crippen LogP contribution in [-0.2, 0) is 23.1 Å². The Kier molecular flexibility index (Phi) is 5.21. The van der Waals surface area contributed by atoms with Crippen LogP contribution in [0.5, 0.6) is 0 Å². The number of hydrogen-bond acceptors (Lipinski definition) is 5. The lowest BCUT2D eigenvalue weighted by atomic mass is 10.5. The molecule has 0 heterocycles. The van der Waals surface area contributed by atoms with Crippen LogP contribution in [0.2, 0.25) is 0 Å². The van der Waals surface area contributed by atoms with E-state index in [1.54, 1.807) is 6.92 Å². The highest BCUT2D eigenvalue weighted by atomic mass is 31.2. The second-order valence-electron chi connectivity index (χ2n) is 2.33. The third-order valence-corrected chi connectivity index (χ3v) is 3.79. The van der Waals surface area contributed by atoms with Crippen LogP contribution in [0.25, 0.3) is 0 Å². The van der Waals surface area contributed by atoms with Gasteiger partial charge in [0.25, 0.3) is 0 Å². The quantitative estimate of drug-likeness (QED) is 0.507. The van der Waals surface area contributed by atoms with Crippen molar-refractivity contribution < 1.29 is 23.1 Å². The molecule has 13 heavy (non-hydrogen) atoms. The van der Waals surface area contributed by atoms with Gasteiger partial charge in [0.05, 0.1) is 6.61 Å². The molecule has 0 aliphatic heterocycles. The molecule has 0 N–H and O–H groups in total. The molecule has 0 saturated carbocycles. The van der Waals surface area contributed by atoms with Gasteiger partial charge in [-0.25, -0.2) is 0 Å². The van der Waals surface area contributed by atoms with E-state index in [0.29, 0.717) is 0 Å². The van der Waals surface area contributed by atoms with Gasteiger partial charge in [-0.1, -0.05) is 0 Å². The molecule has 0 rings (SSSR count). The van der Waals surface area contributed by atoms with Crippen LogP contribution in [0.1, 0.15) is 13.8 Å². The monoisotopic (exact) mass is 210 g/mol.